The zero-order chi connectivity index (χ0) is 30.8. The van der Waals surface area contributed by atoms with Crippen molar-refractivity contribution in [1.29, 1.82) is 0 Å². The summed E-state index contributed by atoms with van der Waals surface area (Å²) in [5, 5.41) is 12.7. The Balaban J connectivity index is 1.20. The summed E-state index contributed by atoms with van der Waals surface area (Å²) in [6.45, 7) is 6.35. The molecule has 1 aliphatic heterocycles. The fraction of sp³-hybridized carbons (Fsp3) is 0.529. The van der Waals surface area contributed by atoms with Crippen LogP contribution < -0.4 is 21.3 Å². The van der Waals surface area contributed by atoms with E-state index in [0.717, 1.165) is 61.9 Å². The smallest absolute Gasteiger partial charge is 0.251 e. The van der Waals surface area contributed by atoms with Crippen molar-refractivity contribution in [3.05, 3.63) is 75.5 Å². The predicted octanol–water partition coefficient (Wildman–Crippen LogP) is 4.25. The maximum atomic E-state index is 12.9. The number of carbonyl (C=O) groups excluding carboxylic acids is 3. The van der Waals surface area contributed by atoms with Crippen molar-refractivity contribution in [3.63, 3.8) is 0 Å². The summed E-state index contributed by atoms with van der Waals surface area (Å²) < 4.78 is 0. The second-order valence-electron chi connectivity index (χ2n) is 12.0. The summed E-state index contributed by atoms with van der Waals surface area (Å²) >= 11 is 6.26. The molecule has 4 rings (SSSR count). The molecule has 1 aromatic rings. The third-order valence-electron chi connectivity index (χ3n) is 8.82. The Morgan fingerprint density at radius 2 is 1.95 bits per heavy atom. The molecule has 0 spiro atoms. The minimum Gasteiger partial charge on any atom is -0.351 e. The molecule has 1 heterocycles. The number of rotatable bonds is 12. The fourth-order valence-electron chi connectivity index (χ4n) is 6.21. The van der Waals surface area contributed by atoms with Crippen LogP contribution in [0.1, 0.15) is 73.4 Å². The maximum absolute atomic E-state index is 12.9. The molecule has 43 heavy (non-hydrogen) atoms. The quantitative estimate of drug-likeness (QED) is 0.210. The minimum atomic E-state index is -0.792. The number of hydrogen-bond acceptors (Lipinski definition) is 5. The normalized spacial score (nSPS) is 22.7. The SMILES string of the molecule is Cc1cc(C(=O)NC(C)C(=O)NCC(=O)N[C@@H]2CCCCC2C2=C=CC=CC(Cl)=C2)ccc1CNCCC1CCCN1C. The highest BCUT2D eigenvalue weighted by Gasteiger charge is 2.29. The number of aryl methyl sites for hydroxylation is 1. The molecule has 8 nitrogen and oxygen atoms in total. The van der Waals surface area contributed by atoms with Gasteiger partial charge in [0.15, 0.2) is 0 Å². The van der Waals surface area contributed by atoms with Crippen molar-refractivity contribution >= 4 is 29.3 Å². The predicted molar refractivity (Wildman–Crippen MR) is 172 cm³/mol. The summed E-state index contributed by atoms with van der Waals surface area (Å²) in [7, 11) is 2.20. The first-order chi connectivity index (χ1) is 20.7. The third-order valence-corrected chi connectivity index (χ3v) is 9.05. The highest BCUT2D eigenvalue weighted by molar-refractivity contribution is 6.31. The number of hydrogen-bond donors (Lipinski definition) is 4. The van der Waals surface area contributed by atoms with Crippen LogP contribution in [0, 0.1) is 12.8 Å². The molecule has 0 radical (unpaired) electrons. The lowest BCUT2D eigenvalue weighted by atomic mass is 9.79. The van der Waals surface area contributed by atoms with Crippen LogP contribution >= 0.6 is 11.6 Å². The molecule has 1 saturated carbocycles. The lowest BCUT2D eigenvalue weighted by Gasteiger charge is -2.32. The fourth-order valence-corrected chi connectivity index (χ4v) is 6.40. The second-order valence-corrected chi connectivity index (χ2v) is 12.5. The molecule has 9 heteroatoms. The summed E-state index contributed by atoms with van der Waals surface area (Å²) in [6.07, 6.45) is 15.0. The first-order valence-electron chi connectivity index (χ1n) is 15.6. The second kappa shape index (κ2) is 16.1. The Labute approximate surface area is 261 Å². The van der Waals surface area contributed by atoms with Crippen LogP contribution in [0.4, 0.5) is 0 Å². The van der Waals surface area contributed by atoms with E-state index < -0.39 is 11.9 Å². The summed E-state index contributed by atoms with van der Waals surface area (Å²) in [4.78, 5) is 40.8. The van der Waals surface area contributed by atoms with Crippen LogP contribution in [0.15, 0.2) is 58.8 Å². The van der Waals surface area contributed by atoms with Gasteiger partial charge in [0.2, 0.25) is 11.8 Å². The molecule has 232 valence electrons. The van der Waals surface area contributed by atoms with Gasteiger partial charge in [0.1, 0.15) is 6.04 Å². The number of amides is 3. The number of likely N-dealkylation sites (tertiary alicyclic amines) is 1. The Kier molecular flexibility index (Phi) is 12.2. The zero-order valence-corrected chi connectivity index (χ0v) is 26.4. The average molecular weight is 608 g/mol. The van der Waals surface area contributed by atoms with E-state index in [1.54, 1.807) is 13.0 Å². The van der Waals surface area contributed by atoms with Gasteiger partial charge < -0.3 is 26.2 Å². The van der Waals surface area contributed by atoms with Gasteiger partial charge in [-0.2, -0.15) is 0 Å². The van der Waals surface area contributed by atoms with E-state index in [2.05, 4.69) is 38.9 Å². The largest absolute Gasteiger partial charge is 0.351 e. The molecule has 2 fully saturated rings. The highest BCUT2D eigenvalue weighted by atomic mass is 35.5. The number of halogens is 1. The standard InChI is InChI=1S/C34H46ClN5O3/c1-23-19-26(14-15-27(23)21-36-17-16-29-11-8-18-40(29)3)34(43)38-24(2)33(42)37-22-32(41)39-31-13-7-6-12-30(31)25-9-4-5-10-28(35)20-25/h4-5,10,14-15,19-20,24,29-31,36H,6-8,11-13,16-18,21-22H2,1-3H3,(H,37,42)(H,38,43)(H,39,41)/t24?,29?,30?,31-/m1/s1. The molecule has 1 saturated heterocycles. The van der Waals surface area contributed by atoms with Gasteiger partial charge in [-0.15, -0.1) is 5.73 Å². The highest BCUT2D eigenvalue weighted by Crippen LogP contribution is 2.32. The van der Waals surface area contributed by atoms with E-state index in [9.17, 15) is 14.4 Å². The van der Waals surface area contributed by atoms with Gasteiger partial charge >= 0.3 is 0 Å². The summed E-state index contributed by atoms with van der Waals surface area (Å²) in [6, 6.07) is 5.43. The van der Waals surface area contributed by atoms with E-state index in [-0.39, 0.29) is 30.3 Å². The minimum absolute atomic E-state index is 0.0552. The molecular weight excluding hydrogens is 562 g/mol. The van der Waals surface area contributed by atoms with Crippen LogP contribution in [0.5, 0.6) is 0 Å². The lowest BCUT2D eigenvalue weighted by molar-refractivity contribution is -0.127. The zero-order valence-electron chi connectivity index (χ0n) is 25.7. The van der Waals surface area contributed by atoms with Gasteiger partial charge in [0, 0.05) is 40.7 Å². The molecule has 3 aliphatic rings. The summed E-state index contributed by atoms with van der Waals surface area (Å²) in [5.74, 6) is -0.884. The van der Waals surface area contributed by atoms with Crippen LogP contribution in [0.3, 0.4) is 0 Å². The van der Waals surface area contributed by atoms with Crippen LogP contribution in [0.25, 0.3) is 0 Å². The Bertz CT molecular complexity index is 1300. The Morgan fingerprint density at radius 1 is 1.14 bits per heavy atom. The molecule has 4 atom stereocenters. The molecule has 2 aliphatic carbocycles. The van der Waals surface area contributed by atoms with Gasteiger partial charge in [0.05, 0.1) is 6.54 Å². The summed E-state index contributed by atoms with van der Waals surface area (Å²) in [5.41, 5.74) is 6.94. The topological polar surface area (TPSA) is 103 Å². The maximum Gasteiger partial charge on any atom is 0.251 e. The van der Waals surface area contributed by atoms with Crippen molar-refractivity contribution in [1.82, 2.24) is 26.2 Å². The van der Waals surface area contributed by atoms with Crippen molar-refractivity contribution in [3.8, 4) is 0 Å². The van der Waals surface area contributed by atoms with Gasteiger partial charge in [-0.3, -0.25) is 14.4 Å². The van der Waals surface area contributed by atoms with Gasteiger partial charge in [-0.05, 0) is 108 Å². The van der Waals surface area contributed by atoms with E-state index in [0.29, 0.717) is 16.6 Å². The Hall–Kier alpha value is -3.16. The number of allylic oxidation sites excluding steroid dienone is 4. The lowest BCUT2D eigenvalue weighted by Crippen LogP contribution is -2.50. The van der Waals surface area contributed by atoms with Crippen LogP contribution in [-0.2, 0) is 16.1 Å². The monoisotopic (exact) mass is 607 g/mol. The number of nitrogens with one attached hydrogen (secondary N) is 4. The van der Waals surface area contributed by atoms with Crippen molar-refractivity contribution < 1.29 is 14.4 Å². The van der Waals surface area contributed by atoms with Gasteiger partial charge in [0.25, 0.3) is 5.91 Å². The number of nitrogens with zero attached hydrogens (tertiary/aromatic N) is 1. The molecule has 3 amide bonds. The first-order valence-corrected chi connectivity index (χ1v) is 16.0. The van der Waals surface area contributed by atoms with Crippen molar-refractivity contribution in [2.45, 2.75) is 83.5 Å². The van der Waals surface area contributed by atoms with E-state index >= 15 is 0 Å². The van der Waals surface area contributed by atoms with Gasteiger partial charge in [-0.1, -0.05) is 36.6 Å². The van der Waals surface area contributed by atoms with E-state index in [1.165, 1.54) is 19.4 Å². The van der Waals surface area contributed by atoms with Crippen LogP contribution in [-0.4, -0.2) is 67.4 Å². The number of carbonyl (C=O) groups is 3. The van der Waals surface area contributed by atoms with Gasteiger partial charge in [-0.25, -0.2) is 0 Å². The average Bonchev–Trinajstić information content (AvgIpc) is 3.27. The van der Waals surface area contributed by atoms with Crippen LogP contribution in [0.2, 0.25) is 0 Å². The van der Waals surface area contributed by atoms with Crippen molar-refractivity contribution in [2.75, 3.05) is 26.7 Å². The molecule has 4 N–H and O–H groups in total. The molecule has 0 bridgehead atoms. The third kappa shape index (κ3) is 9.67. The van der Waals surface area contributed by atoms with E-state index in [4.69, 9.17) is 11.6 Å². The first kappa shape index (κ1) is 32.7. The Morgan fingerprint density at radius 3 is 2.72 bits per heavy atom. The molecule has 1 aromatic carbocycles. The van der Waals surface area contributed by atoms with E-state index in [1.807, 2.05) is 43.4 Å². The molecule has 0 aromatic heterocycles. The van der Waals surface area contributed by atoms with Crippen molar-refractivity contribution in [2.24, 2.45) is 5.92 Å². The molecule has 3 unspecified atom stereocenters. The molecular formula is C34H46ClN5O3. The number of benzene rings is 1.